The molecule has 0 radical (unpaired) electrons. The van der Waals surface area contributed by atoms with E-state index in [0.29, 0.717) is 18.9 Å². The van der Waals surface area contributed by atoms with Gasteiger partial charge in [-0.25, -0.2) is 4.98 Å². The molecule has 2 aromatic rings. The molecule has 122 valence electrons. The van der Waals surface area contributed by atoms with Crippen molar-refractivity contribution in [3.8, 4) is 0 Å². The fourth-order valence-corrected chi connectivity index (χ4v) is 3.03. The van der Waals surface area contributed by atoms with E-state index in [-0.39, 0.29) is 5.91 Å². The quantitative estimate of drug-likeness (QED) is 0.816. The third-order valence-electron chi connectivity index (χ3n) is 4.30. The lowest BCUT2D eigenvalue weighted by Gasteiger charge is -2.10. The van der Waals surface area contributed by atoms with Gasteiger partial charge in [-0.3, -0.25) is 4.79 Å². The van der Waals surface area contributed by atoms with Crippen LogP contribution in [0.5, 0.6) is 0 Å². The Morgan fingerprint density at radius 1 is 1.35 bits per heavy atom. The summed E-state index contributed by atoms with van der Waals surface area (Å²) in [6.45, 7) is 3.46. The molecule has 5 heteroatoms. The molecule has 3 rings (SSSR count). The molecule has 0 spiro atoms. The molecular weight excluding hydrogens is 288 g/mol. The Morgan fingerprint density at radius 3 is 3.00 bits per heavy atom. The molecule has 1 aromatic heterocycles. The number of carbonyl (C=O) groups is 1. The van der Waals surface area contributed by atoms with E-state index in [9.17, 15) is 4.79 Å². The Kier molecular flexibility index (Phi) is 5.42. The van der Waals surface area contributed by atoms with E-state index in [1.807, 2.05) is 30.6 Å². The van der Waals surface area contributed by atoms with Crippen molar-refractivity contribution in [2.24, 2.45) is 5.92 Å². The number of benzene rings is 1. The van der Waals surface area contributed by atoms with Crippen LogP contribution in [0.3, 0.4) is 0 Å². The smallest absolute Gasteiger partial charge is 0.220 e. The summed E-state index contributed by atoms with van der Waals surface area (Å²) < 4.78 is 2.14. The van der Waals surface area contributed by atoms with Crippen LogP contribution >= 0.6 is 0 Å². The number of hydrogen-bond acceptors (Lipinski definition) is 3. The molecule has 0 saturated carbocycles. The molecular formula is C18H24N4O. The average molecular weight is 312 g/mol. The summed E-state index contributed by atoms with van der Waals surface area (Å²) in [5.74, 6) is 1.66. The van der Waals surface area contributed by atoms with Crippen LogP contribution in [0.25, 0.3) is 0 Å². The Labute approximate surface area is 137 Å². The summed E-state index contributed by atoms with van der Waals surface area (Å²) in [6, 6.07) is 10.3. The zero-order valence-electron chi connectivity index (χ0n) is 13.4. The van der Waals surface area contributed by atoms with Crippen LogP contribution in [-0.4, -0.2) is 35.1 Å². The van der Waals surface area contributed by atoms with E-state index in [1.165, 1.54) is 5.56 Å². The predicted molar refractivity (Wildman–Crippen MR) is 90.1 cm³/mol. The molecule has 0 bridgehead atoms. The number of hydrogen-bond donors (Lipinski definition) is 2. The molecule has 2 N–H and O–H groups in total. The van der Waals surface area contributed by atoms with Gasteiger partial charge in [0, 0.05) is 38.3 Å². The van der Waals surface area contributed by atoms with Gasteiger partial charge in [0.05, 0.1) is 0 Å². The van der Waals surface area contributed by atoms with Gasteiger partial charge in [-0.15, -0.1) is 0 Å². The SMILES string of the molecule is O=C(CC1CCNC1)NCCc1nccn1Cc1ccccc1. The first-order valence-corrected chi connectivity index (χ1v) is 8.32. The van der Waals surface area contributed by atoms with Crippen molar-refractivity contribution in [2.75, 3.05) is 19.6 Å². The molecule has 1 unspecified atom stereocenters. The predicted octanol–water partition coefficient (Wildman–Crippen LogP) is 1.59. The summed E-state index contributed by atoms with van der Waals surface area (Å²) in [6.07, 6.45) is 6.31. The van der Waals surface area contributed by atoms with Gasteiger partial charge in [0.25, 0.3) is 0 Å². The van der Waals surface area contributed by atoms with Gasteiger partial charge in [0.2, 0.25) is 5.91 Å². The largest absolute Gasteiger partial charge is 0.356 e. The van der Waals surface area contributed by atoms with Gasteiger partial charge in [-0.05, 0) is 31.0 Å². The highest BCUT2D eigenvalue weighted by Crippen LogP contribution is 2.11. The molecule has 2 heterocycles. The second-order valence-corrected chi connectivity index (χ2v) is 6.12. The molecule has 1 amide bonds. The third kappa shape index (κ3) is 4.66. The second kappa shape index (κ2) is 7.92. The molecule has 23 heavy (non-hydrogen) atoms. The number of rotatable bonds is 7. The molecule has 1 aliphatic rings. The van der Waals surface area contributed by atoms with Crippen molar-refractivity contribution in [1.82, 2.24) is 20.2 Å². The summed E-state index contributed by atoms with van der Waals surface area (Å²) in [5, 5.41) is 6.31. The molecule has 0 aliphatic carbocycles. The highest BCUT2D eigenvalue weighted by Gasteiger charge is 2.17. The van der Waals surface area contributed by atoms with E-state index < -0.39 is 0 Å². The fraction of sp³-hybridized carbons (Fsp3) is 0.444. The zero-order chi connectivity index (χ0) is 15.9. The molecule has 1 saturated heterocycles. The maximum atomic E-state index is 11.9. The van der Waals surface area contributed by atoms with E-state index >= 15 is 0 Å². The standard InChI is InChI=1S/C18H24N4O/c23-18(12-16-6-8-19-13-16)21-9-7-17-20-10-11-22(17)14-15-4-2-1-3-5-15/h1-5,10-11,16,19H,6-9,12-14H2,(H,21,23). The van der Waals surface area contributed by atoms with Crippen LogP contribution in [0.1, 0.15) is 24.2 Å². The van der Waals surface area contributed by atoms with Crippen molar-refractivity contribution in [3.63, 3.8) is 0 Å². The van der Waals surface area contributed by atoms with E-state index in [1.54, 1.807) is 0 Å². The van der Waals surface area contributed by atoms with Gasteiger partial charge in [0.1, 0.15) is 5.82 Å². The first kappa shape index (κ1) is 15.7. The number of nitrogens with zero attached hydrogens (tertiary/aromatic N) is 2. The first-order valence-electron chi connectivity index (χ1n) is 8.32. The van der Waals surface area contributed by atoms with Gasteiger partial charge in [-0.1, -0.05) is 30.3 Å². The van der Waals surface area contributed by atoms with Crippen LogP contribution in [-0.2, 0) is 17.8 Å². The maximum Gasteiger partial charge on any atom is 0.220 e. The van der Waals surface area contributed by atoms with Crippen LogP contribution in [0.4, 0.5) is 0 Å². The lowest BCUT2D eigenvalue weighted by Crippen LogP contribution is -2.28. The Balaban J connectivity index is 1.45. The second-order valence-electron chi connectivity index (χ2n) is 6.12. The summed E-state index contributed by atoms with van der Waals surface area (Å²) >= 11 is 0. The van der Waals surface area contributed by atoms with Gasteiger partial charge >= 0.3 is 0 Å². The molecule has 5 nitrogen and oxygen atoms in total. The topological polar surface area (TPSA) is 59.0 Å². The molecule has 1 atom stereocenters. The number of aromatic nitrogens is 2. The minimum absolute atomic E-state index is 0.153. The van der Waals surface area contributed by atoms with Crippen LogP contribution < -0.4 is 10.6 Å². The molecule has 1 fully saturated rings. The van der Waals surface area contributed by atoms with E-state index in [0.717, 1.165) is 38.3 Å². The van der Waals surface area contributed by atoms with Gasteiger partial charge < -0.3 is 15.2 Å². The number of nitrogens with one attached hydrogen (secondary N) is 2. The number of amides is 1. The number of imidazole rings is 1. The Bertz CT molecular complexity index is 617. The first-order chi connectivity index (χ1) is 11.3. The third-order valence-corrected chi connectivity index (χ3v) is 4.30. The number of carbonyl (C=O) groups excluding carboxylic acids is 1. The van der Waals surface area contributed by atoms with E-state index in [4.69, 9.17) is 0 Å². The lowest BCUT2D eigenvalue weighted by atomic mass is 10.0. The summed E-state index contributed by atoms with van der Waals surface area (Å²) in [5.41, 5.74) is 1.25. The van der Waals surface area contributed by atoms with Crippen molar-refractivity contribution in [3.05, 3.63) is 54.1 Å². The van der Waals surface area contributed by atoms with Crippen molar-refractivity contribution in [2.45, 2.75) is 25.8 Å². The van der Waals surface area contributed by atoms with Crippen LogP contribution in [0.15, 0.2) is 42.7 Å². The summed E-state index contributed by atoms with van der Waals surface area (Å²) in [4.78, 5) is 16.4. The van der Waals surface area contributed by atoms with Gasteiger partial charge in [-0.2, -0.15) is 0 Å². The minimum atomic E-state index is 0.153. The van der Waals surface area contributed by atoms with E-state index in [2.05, 4.69) is 32.3 Å². The normalized spacial score (nSPS) is 17.3. The fourth-order valence-electron chi connectivity index (χ4n) is 3.03. The highest BCUT2D eigenvalue weighted by molar-refractivity contribution is 5.76. The van der Waals surface area contributed by atoms with Gasteiger partial charge in [0.15, 0.2) is 0 Å². The summed E-state index contributed by atoms with van der Waals surface area (Å²) in [7, 11) is 0. The minimum Gasteiger partial charge on any atom is -0.356 e. The van der Waals surface area contributed by atoms with Crippen LogP contribution in [0, 0.1) is 5.92 Å². The van der Waals surface area contributed by atoms with Crippen molar-refractivity contribution in [1.29, 1.82) is 0 Å². The monoisotopic (exact) mass is 312 g/mol. The average Bonchev–Trinajstić information content (AvgIpc) is 3.21. The van der Waals surface area contributed by atoms with Crippen molar-refractivity contribution >= 4 is 5.91 Å². The zero-order valence-corrected chi connectivity index (χ0v) is 13.4. The Morgan fingerprint density at radius 2 is 2.22 bits per heavy atom. The lowest BCUT2D eigenvalue weighted by molar-refractivity contribution is -0.121. The van der Waals surface area contributed by atoms with Crippen LogP contribution in [0.2, 0.25) is 0 Å². The molecule has 1 aromatic carbocycles. The van der Waals surface area contributed by atoms with Crippen molar-refractivity contribution < 1.29 is 4.79 Å². The highest BCUT2D eigenvalue weighted by atomic mass is 16.1. The molecule has 1 aliphatic heterocycles. The maximum absolute atomic E-state index is 11.9. The Hall–Kier alpha value is -2.14.